The van der Waals surface area contributed by atoms with Crippen molar-refractivity contribution >= 4 is 5.97 Å². The van der Waals surface area contributed by atoms with Crippen LogP contribution in [-0.2, 0) is 14.3 Å². The van der Waals surface area contributed by atoms with E-state index in [4.69, 9.17) is 10.00 Å². The lowest BCUT2D eigenvalue weighted by atomic mass is 10.6. The van der Waals surface area contributed by atoms with Gasteiger partial charge in [0.1, 0.15) is 12.3 Å². The minimum Gasteiger partial charge on any atom is -0.482 e. The highest BCUT2D eigenvalue weighted by molar-refractivity contribution is 5.66. The van der Waals surface area contributed by atoms with Crippen LogP contribution in [0.2, 0.25) is 0 Å². The Morgan fingerprint density at radius 1 is 1.73 bits per heavy atom. The van der Waals surface area contributed by atoms with Gasteiger partial charge in [-0.3, -0.25) is 4.79 Å². The summed E-state index contributed by atoms with van der Waals surface area (Å²) in [5.74, 6) is -0.472. The van der Waals surface area contributed by atoms with E-state index in [1.165, 1.54) is 6.92 Å². The molecule has 0 unspecified atom stereocenters. The van der Waals surface area contributed by atoms with Gasteiger partial charge in [0.25, 0.3) is 0 Å². The zero-order chi connectivity index (χ0) is 8.69. The molecule has 0 aliphatic heterocycles. The fourth-order valence-electron chi connectivity index (χ4n) is 0.385. The first-order chi connectivity index (χ1) is 5.20. The fraction of sp³-hybridized carbons (Fsp3) is 0.429. The van der Waals surface area contributed by atoms with Crippen molar-refractivity contribution in [2.24, 2.45) is 0 Å². The standard InChI is InChI=1S/C7H9NO3/c1-3-10-7(4-8)5-11-6(2)9/h5H,3H2,1-2H3/b7-5+. The Bertz CT molecular complexity index is 202. The number of nitrogens with zero attached hydrogens (tertiary/aromatic N) is 1. The highest BCUT2D eigenvalue weighted by Crippen LogP contribution is 1.94. The van der Waals surface area contributed by atoms with Crippen LogP contribution < -0.4 is 0 Å². The first-order valence-electron chi connectivity index (χ1n) is 3.11. The van der Waals surface area contributed by atoms with Crippen LogP contribution in [0.3, 0.4) is 0 Å². The summed E-state index contributed by atoms with van der Waals surface area (Å²) in [6.45, 7) is 3.36. The van der Waals surface area contributed by atoms with E-state index in [2.05, 4.69) is 4.74 Å². The number of hydrogen-bond acceptors (Lipinski definition) is 4. The molecule has 0 spiro atoms. The quantitative estimate of drug-likeness (QED) is 0.346. The van der Waals surface area contributed by atoms with Crippen LogP contribution in [0.5, 0.6) is 0 Å². The Labute approximate surface area is 65.0 Å². The molecule has 0 atom stereocenters. The molecule has 0 saturated carbocycles. The minimum absolute atomic E-state index is 0.00250. The lowest BCUT2D eigenvalue weighted by molar-refractivity contribution is -0.135. The van der Waals surface area contributed by atoms with Crippen molar-refractivity contribution in [2.75, 3.05) is 6.61 Å². The van der Waals surface area contributed by atoms with E-state index < -0.39 is 5.97 Å². The molecule has 0 aromatic carbocycles. The third-order valence-corrected chi connectivity index (χ3v) is 0.742. The van der Waals surface area contributed by atoms with Gasteiger partial charge in [0.05, 0.1) is 6.61 Å². The van der Waals surface area contributed by atoms with Gasteiger partial charge >= 0.3 is 5.97 Å². The van der Waals surface area contributed by atoms with Crippen molar-refractivity contribution < 1.29 is 14.3 Å². The van der Waals surface area contributed by atoms with E-state index in [1.54, 1.807) is 13.0 Å². The SMILES string of the molecule is CCO/C(C#N)=C/OC(C)=O. The molecule has 0 bridgehead atoms. The minimum atomic E-state index is -0.475. The van der Waals surface area contributed by atoms with Gasteiger partial charge in [0, 0.05) is 6.92 Å². The third-order valence-electron chi connectivity index (χ3n) is 0.742. The van der Waals surface area contributed by atoms with Crippen LogP contribution in [0.1, 0.15) is 13.8 Å². The Morgan fingerprint density at radius 2 is 2.36 bits per heavy atom. The predicted molar refractivity (Wildman–Crippen MR) is 37.1 cm³/mol. The van der Waals surface area contributed by atoms with E-state index in [0.29, 0.717) is 6.61 Å². The number of hydrogen-bond donors (Lipinski definition) is 0. The number of carbonyl (C=O) groups excluding carboxylic acids is 1. The van der Waals surface area contributed by atoms with Crippen molar-refractivity contribution in [1.82, 2.24) is 0 Å². The molecule has 0 N–H and O–H groups in total. The summed E-state index contributed by atoms with van der Waals surface area (Å²) in [6, 6.07) is 1.72. The van der Waals surface area contributed by atoms with Crippen LogP contribution in [0.15, 0.2) is 12.0 Å². The summed E-state index contributed by atoms with van der Waals surface area (Å²) in [5, 5.41) is 8.34. The topological polar surface area (TPSA) is 59.3 Å². The summed E-state index contributed by atoms with van der Waals surface area (Å²) in [6.07, 6.45) is 0.992. The van der Waals surface area contributed by atoms with Crippen molar-refractivity contribution in [2.45, 2.75) is 13.8 Å². The summed E-state index contributed by atoms with van der Waals surface area (Å²) < 4.78 is 9.16. The Morgan fingerprint density at radius 3 is 2.73 bits per heavy atom. The van der Waals surface area contributed by atoms with Crippen LogP contribution >= 0.6 is 0 Å². The molecule has 0 rings (SSSR count). The van der Waals surface area contributed by atoms with Gasteiger partial charge in [-0.25, -0.2) is 0 Å². The maximum atomic E-state index is 10.2. The van der Waals surface area contributed by atoms with Crippen LogP contribution in [0, 0.1) is 11.3 Å². The molecule has 0 aliphatic rings. The van der Waals surface area contributed by atoms with E-state index in [-0.39, 0.29) is 5.76 Å². The average molecular weight is 155 g/mol. The molecule has 4 heteroatoms. The highest BCUT2D eigenvalue weighted by Gasteiger charge is 1.95. The summed E-state index contributed by atoms with van der Waals surface area (Å²) in [5.41, 5.74) is 0. The van der Waals surface area contributed by atoms with Crippen molar-refractivity contribution in [1.29, 1.82) is 5.26 Å². The van der Waals surface area contributed by atoms with Crippen molar-refractivity contribution in [3.8, 4) is 6.07 Å². The average Bonchev–Trinajstić information content (AvgIpc) is 1.97. The lowest BCUT2D eigenvalue weighted by Crippen LogP contribution is -1.94. The summed E-state index contributed by atoms with van der Waals surface area (Å²) in [4.78, 5) is 10.2. The Kier molecular flexibility index (Phi) is 4.58. The monoisotopic (exact) mass is 155 g/mol. The zero-order valence-corrected chi connectivity index (χ0v) is 6.46. The molecule has 0 fully saturated rings. The zero-order valence-electron chi connectivity index (χ0n) is 6.46. The maximum Gasteiger partial charge on any atom is 0.307 e. The van der Waals surface area contributed by atoms with Crippen LogP contribution in [-0.4, -0.2) is 12.6 Å². The third kappa shape index (κ3) is 4.97. The van der Waals surface area contributed by atoms with E-state index in [9.17, 15) is 4.79 Å². The van der Waals surface area contributed by atoms with Gasteiger partial charge in [0.2, 0.25) is 5.76 Å². The van der Waals surface area contributed by atoms with Crippen LogP contribution in [0.25, 0.3) is 0 Å². The van der Waals surface area contributed by atoms with E-state index in [0.717, 1.165) is 6.26 Å². The molecular formula is C7H9NO3. The summed E-state index contributed by atoms with van der Waals surface area (Å²) in [7, 11) is 0. The lowest BCUT2D eigenvalue weighted by Gasteiger charge is -1.97. The normalized spacial score (nSPS) is 10.1. The highest BCUT2D eigenvalue weighted by atomic mass is 16.5. The molecule has 0 aromatic rings. The van der Waals surface area contributed by atoms with Crippen LogP contribution in [0.4, 0.5) is 0 Å². The first-order valence-corrected chi connectivity index (χ1v) is 3.11. The van der Waals surface area contributed by atoms with Gasteiger partial charge in [-0.05, 0) is 6.92 Å². The second-order valence-electron chi connectivity index (χ2n) is 1.64. The number of nitriles is 1. The van der Waals surface area contributed by atoms with Gasteiger partial charge in [0.15, 0.2) is 0 Å². The number of rotatable bonds is 3. The van der Waals surface area contributed by atoms with E-state index >= 15 is 0 Å². The largest absolute Gasteiger partial charge is 0.482 e. The molecule has 0 aliphatic carbocycles. The molecule has 0 radical (unpaired) electrons. The number of ether oxygens (including phenoxy) is 2. The smallest absolute Gasteiger partial charge is 0.307 e. The van der Waals surface area contributed by atoms with Gasteiger partial charge in [-0.2, -0.15) is 5.26 Å². The van der Waals surface area contributed by atoms with Gasteiger partial charge in [-0.15, -0.1) is 0 Å². The van der Waals surface area contributed by atoms with Crippen molar-refractivity contribution in [3.63, 3.8) is 0 Å². The predicted octanol–water partition coefficient (Wildman–Crippen LogP) is 0.951. The molecule has 0 amide bonds. The van der Waals surface area contributed by atoms with E-state index in [1.807, 2.05) is 0 Å². The molecule has 4 nitrogen and oxygen atoms in total. The Balaban J connectivity index is 3.93. The molecular weight excluding hydrogens is 146 g/mol. The number of carbonyl (C=O) groups is 1. The van der Waals surface area contributed by atoms with Gasteiger partial charge < -0.3 is 9.47 Å². The van der Waals surface area contributed by atoms with Gasteiger partial charge in [-0.1, -0.05) is 0 Å². The molecule has 0 saturated heterocycles. The maximum absolute atomic E-state index is 10.2. The first kappa shape index (κ1) is 9.50. The Hall–Kier alpha value is -1.50. The fourth-order valence-corrected chi connectivity index (χ4v) is 0.385. The number of allylic oxidation sites excluding steroid dienone is 1. The molecule has 11 heavy (non-hydrogen) atoms. The molecule has 0 aromatic heterocycles. The molecule has 0 heterocycles. The number of esters is 1. The second-order valence-corrected chi connectivity index (χ2v) is 1.64. The van der Waals surface area contributed by atoms with Crippen molar-refractivity contribution in [3.05, 3.63) is 12.0 Å². The summed E-state index contributed by atoms with van der Waals surface area (Å²) >= 11 is 0. The second kappa shape index (κ2) is 5.30. The molecule has 60 valence electrons.